The Morgan fingerprint density at radius 2 is 2.04 bits per heavy atom. The van der Waals surface area contributed by atoms with Gasteiger partial charge in [0.25, 0.3) is 0 Å². The second-order valence-corrected chi connectivity index (χ2v) is 6.14. The molecule has 0 spiro atoms. The number of halogens is 3. The molecule has 128 valence electrons. The summed E-state index contributed by atoms with van der Waals surface area (Å²) in [6.45, 7) is 1.62. The van der Waals surface area contributed by atoms with Gasteiger partial charge in [-0.2, -0.15) is 0 Å². The summed E-state index contributed by atoms with van der Waals surface area (Å²) in [5.74, 6) is -0.669. The Balaban J connectivity index is 1.96. The zero-order valence-electron chi connectivity index (χ0n) is 13.1. The number of benzene rings is 2. The topological polar surface area (TPSA) is 47.9 Å². The minimum absolute atomic E-state index is 0.0261. The Morgan fingerprint density at radius 1 is 1.28 bits per heavy atom. The quantitative estimate of drug-likeness (QED) is 0.552. The molecule has 0 bridgehead atoms. The molecule has 2 aromatic rings. The lowest BCUT2D eigenvalue weighted by atomic mass is 10.1. The minimum atomic E-state index is -0.575. The van der Waals surface area contributed by atoms with Crippen molar-refractivity contribution >= 4 is 41.0 Å². The van der Waals surface area contributed by atoms with Crippen molar-refractivity contribution in [1.29, 1.82) is 0 Å². The van der Waals surface area contributed by atoms with Crippen molar-refractivity contribution in [2.24, 2.45) is 5.16 Å². The van der Waals surface area contributed by atoms with E-state index in [-0.39, 0.29) is 28.8 Å². The molecule has 1 heterocycles. The molecular formula is C18H12Cl2FNO3. The molecule has 3 rings (SSSR count). The van der Waals surface area contributed by atoms with Crippen molar-refractivity contribution in [1.82, 2.24) is 0 Å². The van der Waals surface area contributed by atoms with Crippen LogP contribution in [0, 0.1) is 5.82 Å². The molecule has 0 saturated heterocycles. The molecule has 0 radical (unpaired) electrons. The molecule has 0 amide bonds. The minimum Gasteiger partial charge on any atom is -0.487 e. The molecule has 1 aliphatic rings. The van der Waals surface area contributed by atoms with E-state index in [0.717, 1.165) is 0 Å². The molecular weight excluding hydrogens is 368 g/mol. The summed E-state index contributed by atoms with van der Waals surface area (Å²) in [5.41, 5.74) is 1.55. The van der Waals surface area contributed by atoms with Gasteiger partial charge in [0.15, 0.2) is 0 Å². The lowest BCUT2D eigenvalue weighted by Gasteiger charge is -2.13. The predicted molar refractivity (Wildman–Crippen MR) is 94.4 cm³/mol. The standard InChI is InChI=1S/C18H12Cl2FNO3/c1-10-14(18(23)25-22-10)7-12-6-13(19)8-15(20)17(12)24-9-11-4-2-3-5-16(11)21/h2-8H,9H2,1H3/b14-7-. The third-order valence-electron chi connectivity index (χ3n) is 3.54. The van der Waals surface area contributed by atoms with E-state index in [4.69, 9.17) is 27.9 Å². The predicted octanol–water partition coefficient (Wildman–Crippen LogP) is 5.03. The van der Waals surface area contributed by atoms with E-state index in [1.165, 1.54) is 18.2 Å². The van der Waals surface area contributed by atoms with Crippen molar-refractivity contribution in [3.63, 3.8) is 0 Å². The second kappa shape index (κ2) is 7.25. The Bertz CT molecular complexity index is 909. The summed E-state index contributed by atoms with van der Waals surface area (Å²) in [4.78, 5) is 16.4. The average molecular weight is 380 g/mol. The summed E-state index contributed by atoms with van der Waals surface area (Å²) < 4.78 is 19.5. The zero-order valence-corrected chi connectivity index (χ0v) is 14.6. The van der Waals surface area contributed by atoms with Crippen LogP contribution in [0.5, 0.6) is 5.75 Å². The number of hydrogen-bond donors (Lipinski definition) is 0. The van der Waals surface area contributed by atoms with Crippen LogP contribution in [-0.2, 0) is 16.2 Å². The first-order valence-electron chi connectivity index (χ1n) is 7.29. The molecule has 0 aromatic heterocycles. The maximum Gasteiger partial charge on any atom is 0.367 e. The van der Waals surface area contributed by atoms with Gasteiger partial charge in [-0.15, -0.1) is 0 Å². The average Bonchev–Trinajstić information content (AvgIpc) is 2.87. The van der Waals surface area contributed by atoms with Crippen LogP contribution in [-0.4, -0.2) is 11.7 Å². The summed E-state index contributed by atoms with van der Waals surface area (Å²) >= 11 is 12.3. The van der Waals surface area contributed by atoms with E-state index in [1.807, 2.05) is 0 Å². The van der Waals surface area contributed by atoms with Gasteiger partial charge in [0, 0.05) is 16.1 Å². The Morgan fingerprint density at radius 3 is 2.72 bits per heavy atom. The van der Waals surface area contributed by atoms with E-state index in [9.17, 15) is 9.18 Å². The highest BCUT2D eigenvalue weighted by atomic mass is 35.5. The first-order chi connectivity index (χ1) is 12.0. The molecule has 25 heavy (non-hydrogen) atoms. The molecule has 0 aliphatic carbocycles. The monoisotopic (exact) mass is 379 g/mol. The molecule has 0 unspecified atom stereocenters. The molecule has 0 atom stereocenters. The van der Waals surface area contributed by atoms with Gasteiger partial charge in [-0.05, 0) is 31.2 Å². The fourth-order valence-corrected chi connectivity index (χ4v) is 2.84. The number of rotatable bonds is 4. The lowest BCUT2D eigenvalue weighted by Crippen LogP contribution is -2.04. The van der Waals surface area contributed by atoms with Gasteiger partial charge in [-0.25, -0.2) is 9.18 Å². The normalized spacial score (nSPS) is 15.3. The van der Waals surface area contributed by atoms with Gasteiger partial charge in [0.1, 0.15) is 18.2 Å². The molecule has 7 heteroatoms. The van der Waals surface area contributed by atoms with Crippen molar-refractivity contribution in [2.45, 2.75) is 13.5 Å². The molecule has 0 N–H and O–H groups in total. The van der Waals surface area contributed by atoms with Gasteiger partial charge in [0.05, 0.1) is 16.3 Å². The SMILES string of the molecule is CC1=NOC(=O)/C1=C\c1cc(Cl)cc(Cl)c1OCc1ccccc1F. The highest BCUT2D eigenvalue weighted by Crippen LogP contribution is 2.35. The number of oxime groups is 1. The van der Waals surface area contributed by atoms with E-state index in [1.54, 1.807) is 31.2 Å². The Hall–Kier alpha value is -2.37. The van der Waals surface area contributed by atoms with Crippen molar-refractivity contribution < 1.29 is 18.8 Å². The highest BCUT2D eigenvalue weighted by molar-refractivity contribution is 6.36. The first-order valence-corrected chi connectivity index (χ1v) is 8.04. The van der Waals surface area contributed by atoms with Crippen LogP contribution in [0.2, 0.25) is 10.0 Å². The van der Waals surface area contributed by atoms with E-state index in [2.05, 4.69) is 9.99 Å². The summed E-state index contributed by atoms with van der Waals surface area (Å²) in [7, 11) is 0. The number of hydrogen-bond acceptors (Lipinski definition) is 4. The number of carbonyl (C=O) groups excluding carboxylic acids is 1. The number of carbonyl (C=O) groups is 1. The van der Waals surface area contributed by atoms with Crippen LogP contribution in [0.1, 0.15) is 18.1 Å². The van der Waals surface area contributed by atoms with Gasteiger partial charge in [-0.1, -0.05) is 46.6 Å². The lowest BCUT2D eigenvalue weighted by molar-refractivity contribution is -0.136. The van der Waals surface area contributed by atoms with Crippen molar-refractivity contribution in [3.8, 4) is 5.75 Å². The molecule has 0 fully saturated rings. The maximum atomic E-state index is 13.8. The number of nitrogens with zero attached hydrogens (tertiary/aromatic N) is 1. The summed E-state index contributed by atoms with van der Waals surface area (Å²) in [6, 6.07) is 9.37. The zero-order chi connectivity index (χ0) is 18.0. The van der Waals surface area contributed by atoms with Crippen molar-refractivity contribution in [3.05, 3.63) is 69.0 Å². The van der Waals surface area contributed by atoms with Crippen LogP contribution < -0.4 is 4.74 Å². The van der Waals surface area contributed by atoms with Crippen LogP contribution in [0.25, 0.3) is 6.08 Å². The Labute approximate surface area is 153 Å². The number of ether oxygens (including phenoxy) is 1. The fraction of sp³-hybridized carbons (Fsp3) is 0.111. The third-order valence-corrected chi connectivity index (χ3v) is 4.04. The van der Waals surface area contributed by atoms with Crippen molar-refractivity contribution in [2.75, 3.05) is 0 Å². The van der Waals surface area contributed by atoms with E-state index >= 15 is 0 Å². The van der Waals surface area contributed by atoms with Crippen LogP contribution in [0.15, 0.2) is 47.1 Å². The fourth-order valence-electron chi connectivity index (χ4n) is 2.28. The van der Waals surface area contributed by atoms with Gasteiger partial charge < -0.3 is 9.57 Å². The van der Waals surface area contributed by atoms with E-state index < -0.39 is 5.97 Å². The smallest absolute Gasteiger partial charge is 0.367 e. The first kappa shape index (κ1) is 17.5. The van der Waals surface area contributed by atoms with Crippen LogP contribution >= 0.6 is 23.2 Å². The summed E-state index contributed by atoms with van der Waals surface area (Å²) in [6.07, 6.45) is 1.53. The van der Waals surface area contributed by atoms with Crippen LogP contribution in [0.3, 0.4) is 0 Å². The Kier molecular flexibility index (Phi) is 5.06. The third kappa shape index (κ3) is 3.83. The van der Waals surface area contributed by atoms with Gasteiger partial charge in [0.2, 0.25) is 0 Å². The van der Waals surface area contributed by atoms with Crippen LogP contribution in [0.4, 0.5) is 4.39 Å². The molecule has 0 saturated carbocycles. The molecule has 2 aromatic carbocycles. The van der Waals surface area contributed by atoms with Gasteiger partial charge in [-0.3, -0.25) is 0 Å². The van der Waals surface area contributed by atoms with E-state index in [0.29, 0.717) is 21.9 Å². The maximum absolute atomic E-state index is 13.8. The molecule has 4 nitrogen and oxygen atoms in total. The van der Waals surface area contributed by atoms with Gasteiger partial charge >= 0.3 is 5.97 Å². The molecule has 1 aliphatic heterocycles. The largest absolute Gasteiger partial charge is 0.487 e. The summed E-state index contributed by atoms with van der Waals surface area (Å²) in [5, 5.41) is 4.24. The highest BCUT2D eigenvalue weighted by Gasteiger charge is 2.23. The second-order valence-electron chi connectivity index (χ2n) is 5.30.